The SMILES string of the molecule is O=C1CCC(N2Cc3cc(C4(O)CN(Cc5ccc(N6CCC(Oc7ncc8c(n7)CCCC8)CC6)cc5)C4)ccc3C2=O)C(=O)N1. The van der Waals surface area contributed by atoms with Crippen LogP contribution in [0.2, 0.25) is 0 Å². The number of aliphatic hydroxyl groups is 1. The molecule has 2 N–H and O–H groups in total. The van der Waals surface area contributed by atoms with Crippen LogP contribution in [0.4, 0.5) is 5.69 Å². The van der Waals surface area contributed by atoms with Crippen LogP contribution in [-0.2, 0) is 41.1 Å². The molecule has 11 nitrogen and oxygen atoms in total. The van der Waals surface area contributed by atoms with Crippen molar-refractivity contribution >= 4 is 23.4 Å². The summed E-state index contributed by atoms with van der Waals surface area (Å²) in [4.78, 5) is 52.3. The standard InChI is InChI=1S/C36H40N6O5/c43-32-12-11-31(33(44)39-32)42-20-25-17-26(7-10-29(25)34(42)45)36(46)21-40(22-36)19-23-5-8-27(9-6-23)41-15-13-28(14-16-41)47-35-37-18-24-3-1-2-4-30(24)38-35/h5-10,17-18,28,31,46H,1-4,11-16,19-22H2,(H,39,43,44). The minimum Gasteiger partial charge on any atom is -0.460 e. The maximum Gasteiger partial charge on any atom is 0.316 e. The minimum atomic E-state index is -0.989. The zero-order valence-electron chi connectivity index (χ0n) is 26.5. The number of fused-ring (bicyclic) bond motifs is 2. The number of aryl methyl sites for hydroxylation is 2. The molecule has 2 aromatic carbocycles. The van der Waals surface area contributed by atoms with Gasteiger partial charge in [0.05, 0.1) is 5.69 Å². The normalized spacial score (nSPS) is 22.8. The Morgan fingerprint density at radius 2 is 1.72 bits per heavy atom. The Hall–Kier alpha value is -4.35. The summed E-state index contributed by atoms with van der Waals surface area (Å²) in [5, 5.41) is 13.8. The van der Waals surface area contributed by atoms with Crippen molar-refractivity contribution in [2.24, 2.45) is 0 Å². The van der Waals surface area contributed by atoms with E-state index in [9.17, 15) is 19.5 Å². The highest BCUT2D eigenvalue weighted by Gasteiger charge is 2.44. The number of piperidine rings is 2. The number of anilines is 1. The summed E-state index contributed by atoms with van der Waals surface area (Å²) in [6.07, 6.45) is 9.00. The van der Waals surface area contributed by atoms with E-state index in [4.69, 9.17) is 9.72 Å². The van der Waals surface area contributed by atoms with Gasteiger partial charge in [0.25, 0.3) is 5.91 Å². The summed E-state index contributed by atoms with van der Waals surface area (Å²) in [7, 11) is 0. The first-order chi connectivity index (χ1) is 22.8. The second-order valence-electron chi connectivity index (χ2n) is 13.8. The number of aromatic nitrogens is 2. The Morgan fingerprint density at radius 1 is 0.936 bits per heavy atom. The Balaban J connectivity index is 0.823. The van der Waals surface area contributed by atoms with E-state index in [1.807, 2.05) is 18.3 Å². The zero-order valence-corrected chi connectivity index (χ0v) is 26.5. The quantitative estimate of drug-likeness (QED) is 0.377. The van der Waals surface area contributed by atoms with Gasteiger partial charge in [-0.15, -0.1) is 0 Å². The average Bonchev–Trinajstić information content (AvgIpc) is 3.39. The van der Waals surface area contributed by atoms with Gasteiger partial charge in [-0.25, -0.2) is 4.98 Å². The fourth-order valence-electron chi connectivity index (χ4n) is 7.82. The molecule has 244 valence electrons. The van der Waals surface area contributed by atoms with Crippen LogP contribution < -0.4 is 15.0 Å². The van der Waals surface area contributed by atoms with E-state index in [0.29, 0.717) is 37.6 Å². The van der Waals surface area contributed by atoms with E-state index in [0.717, 1.165) is 62.1 Å². The molecular weight excluding hydrogens is 596 g/mol. The van der Waals surface area contributed by atoms with Crippen molar-refractivity contribution in [1.29, 1.82) is 0 Å². The van der Waals surface area contributed by atoms with Crippen LogP contribution in [0.1, 0.15) is 76.8 Å². The van der Waals surface area contributed by atoms with Crippen LogP contribution in [0.25, 0.3) is 0 Å². The van der Waals surface area contributed by atoms with Crippen LogP contribution in [0.15, 0.2) is 48.7 Å². The van der Waals surface area contributed by atoms with Crippen molar-refractivity contribution in [3.8, 4) is 6.01 Å². The van der Waals surface area contributed by atoms with Crippen molar-refractivity contribution in [3.05, 3.63) is 82.2 Å². The molecule has 3 saturated heterocycles. The van der Waals surface area contributed by atoms with Crippen LogP contribution >= 0.6 is 0 Å². The van der Waals surface area contributed by atoms with E-state index in [2.05, 4.69) is 44.4 Å². The fraction of sp³-hybridized carbons (Fsp3) is 0.472. The maximum atomic E-state index is 13.0. The molecule has 1 unspecified atom stereocenters. The molecule has 3 aromatic rings. The lowest BCUT2D eigenvalue weighted by molar-refractivity contribution is -0.136. The number of benzene rings is 2. The van der Waals surface area contributed by atoms with Gasteiger partial charge >= 0.3 is 6.01 Å². The largest absolute Gasteiger partial charge is 0.460 e. The first-order valence-electron chi connectivity index (χ1n) is 16.9. The molecule has 5 heterocycles. The molecule has 0 radical (unpaired) electrons. The van der Waals surface area contributed by atoms with Gasteiger partial charge in [-0.1, -0.05) is 24.3 Å². The van der Waals surface area contributed by atoms with E-state index in [-0.39, 0.29) is 24.3 Å². The van der Waals surface area contributed by atoms with Crippen molar-refractivity contribution in [2.45, 2.75) is 82.2 Å². The second-order valence-corrected chi connectivity index (χ2v) is 13.8. The van der Waals surface area contributed by atoms with Gasteiger partial charge in [-0.2, -0.15) is 4.98 Å². The lowest BCUT2D eigenvalue weighted by Crippen LogP contribution is -2.58. The topological polar surface area (TPSA) is 128 Å². The number of rotatable bonds is 7. The van der Waals surface area contributed by atoms with Crippen molar-refractivity contribution in [3.63, 3.8) is 0 Å². The Kier molecular flexibility index (Phi) is 7.68. The first-order valence-corrected chi connectivity index (χ1v) is 16.9. The Bertz CT molecular complexity index is 1710. The van der Waals surface area contributed by atoms with Crippen molar-refractivity contribution in [1.82, 2.24) is 25.1 Å². The summed E-state index contributed by atoms with van der Waals surface area (Å²) >= 11 is 0. The van der Waals surface area contributed by atoms with Crippen LogP contribution in [-0.4, -0.2) is 80.9 Å². The number of β-amino-alcohol motifs (C(OH)–C–C–N with tert-alkyl or cyclic N) is 1. The van der Waals surface area contributed by atoms with E-state index < -0.39 is 17.6 Å². The molecule has 3 amide bonds. The molecule has 47 heavy (non-hydrogen) atoms. The molecule has 5 aliphatic rings. The number of amides is 3. The number of hydrogen-bond donors (Lipinski definition) is 2. The first kappa shape index (κ1) is 30.0. The average molecular weight is 637 g/mol. The zero-order chi connectivity index (χ0) is 32.1. The predicted molar refractivity (Wildman–Crippen MR) is 173 cm³/mol. The summed E-state index contributed by atoms with van der Waals surface area (Å²) in [5.41, 5.74) is 5.98. The van der Waals surface area contributed by atoms with E-state index >= 15 is 0 Å². The van der Waals surface area contributed by atoms with Crippen molar-refractivity contribution in [2.75, 3.05) is 31.1 Å². The third-order valence-electron chi connectivity index (χ3n) is 10.5. The van der Waals surface area contributed by atoms with Gasteiger partial charge in [-0.05, 0) is 72.6 Å². The predicted octanol–water partition coefficient (Wildman–Crippen LogP) is 2.87. The number of hydrogen-bond acceptors (Lipinski definition) is 9. The molecule has 4 aliphatic heterocycles. The van der Waals surface area contributed by atoms with E-state index in [1.54, 1.807) is 6.07 Å². The second kappa shape index (κ2) is 12.0. The summed E-state index contributed by atoms with van der Waals surface area (Å²) < 4.78 is 6.18. The summed E-state index contributed by atoms with van der Waals surface area (Å²) in [6, 6.07) is 14.1. The number of carbonyl (C=O) groups excluding carboxylic acids is 3. The minimum absolute atomic E-state index is 0.132. The van der Waals surface area contributed by atoms with Gasteiger partial charge in [0.1, 0.15) is 17.7 Å². The third kappa shape index (κ3) is 5.87. The molecule has 1 atom stereocenters. The van der Waals surface area contributed by atoms with Gasteiger partial charge in [0, 0.05) is 76.0 Å². The number of likely N-dealkylation sites (tertiary alicyclic amines) is 1. The van der Waals surface area contributed by atoms with Gasteiger partial charge in [-0.3, -0.25) is 24.6 Å². The number of ether oxygens (including phenoxy) is 1. The molecule has 0 saturated carbocycles. The van der Waals surface area contributed by atoms with Gasteiger partial charge in [0.2, 0.25) is 11.8 Å². The molecule has 1 aliphatic carbocycles. The van der Waals surface area contributed by atoms with Crippen LogP contribution in [0.3, 0.4) is 0 Å². The molecule has 0 bridgehead atoms. The summed E-state index contributed by atoms with van der Waals surface area (Å²) in [5.74, 6) is -0.928. The Labute approximate surface area is 273 Å². The number of carbonyl (C=O) groups is 3. The third-order valence-corrected chi connectivity index (χ3v) is 10.5. The monoisotopic (exact) mass is 636 g/mol. The van der Waals surface area contributed by atoms with Gasteiger partial charge in [0.15, 0.2) is 0 Å². The lowest BCUT2D eigenvalue weighted by Gasteiger charge is -2.47. The van der Waals surface area contributed by atoms with Crippen LogP contribution in [0.5, 0.6) is 6.01 Å². The maximum absolute atomic E-state index is 13.0. The number of imide groups is 1. The van der Waals surface area contributed by atoms with E-state index in [1.165, 1.54) is 34.6 Å². The number of nitrogens with zero attached hydrogens (tertiary/aromatic N) is 5. The number of nitrogens with one attached hydrogen (secondary N) is 1. The van der Waals surface area contributed by atoms with Crippen molar-refractivity contribution < 1.29 is 24.2 Å². The molecule has 1 aromatic heterocycles. The highest BCUT2D eigenvalue weighted by Crippen LogP contribution is 2.37. The highest BCUT2D eigenvalue weighted by atomic mass is 16.5. The van der Waals surface area contributed by atoms with Gasteiger partial charge < -0.3 is 19.6 Å². The molecular formula is C36H40N6O5. The lowest BCUT2D eigenvalue weighted by atomic mass is 9.84. The molecule has 8 rings (SSSR count). The molecule has 11 heteroatoms. The Morgan fingerprint density at radius 3 is 2.51 bits per heavy atom. The molecule has 0 spiro atoms. The highest BCUT2D eigenvalue weighted by molar-refractivity contribution is 6.05. The summed E-state index contributed by atoms with van der Waals surface area (Å²) in [6.45, 7) is 3.89. The smallest absolute Gasteiger partial charge is 0.316 e. The fourth-order valence-corrected chi connectivity index (χ4v) is 7.82. The van der Waals surface area contributed by atoms with Crippen LogP contribution in [0, 0.1) is 0 Å². The molecule has 3 fully saturated rings.